The van der Waals surface area contributed by atoms with Gasteiger partial charge in [-0.2, -0.15) is 0 Å². The Labute approximate surface area is 144 Å². The molecule has 0 saturated heterocycles. The number of aryl methyl sites for hydroxylation is 1. The Morgan fingerprint density at radius 2 is 2.17 bits per heavy atom. The molecule has 0 spiro atoms. The fourth-order valence-corrected chi connectivity index (χ4v) is 3.25. The average Bonchev–Trinajstić information content (AvgIpc) is 3.17. The molecule has 0 radical (unpaired) electrons. The SMILES string of the molecule is CCCCc1cc(OC(=O)NCc2ccc3c(c2)OCO3)c(N)s1. The molecular formula is C17H20N2O4S. The largest absolute Gasteiger partial charge is 0.454 e. The summed E-state index contributed by atoms with van der Waals surface area (Å²) >= 11 is 1.47. The van der Waals surface area contributed by atoms with Gasteiger partial charge in [-0.25, -0.2) is 4.79 Å². The van der Waals surface area contributed by atoms with Crippen molar-refractivity contribution in [2.75, 3.05) is 12.5 Å². The van der Waals surface area contributed by atoms with Crippen molar-refractivity contribution in [3.05, 3.63) is 34.7 Å². The van der Waals surface area contributed by atoms with E-state index < -0.39 is 6.09 Å². The molecule has 2 aromatic rings. The van der Waals surface area contributed by atoms with Gasteiger partial charge in [0, 0.05) is 11.4 Å². The van der Waals surface area contributed by atoms with Gasteiger partial charge < -0.3 is 25.3 Å². The van der Waals surface area contributed by atoms with Crippen molar-refractivity contribution in [3.8, 4) is 17.2 Å². The van der Waals surface area contributed by atoms with E-state index >= 15 is 0 Å². The molecule has 7 heteroatoms. The molecule has 0 atom stereocenters. The summed E-state index contributed by atoms with van der Waals surface area (Å²) in [5.74, 6) is 1.83. The number of ether oxygens (including phenoxy) is 3. The van der Waals surface area contributed by atoms with Crippen LogP contribution in [0.4, 0.5) is 9.80 Å². The van der Waals surface area contributed by atoms with Gasteiger partial charge in [0.1, 0.15) is 5.00 Å². The maximum atomic E-state index is 12.0. The zero-order chi connectivity index (χ0) is 16.9. The van der Waals surface area contributed by atoms with Crippen LogP contribution in [0.15, 0.2) is 24.3 Å². The number of carbonyl (C=O) groups excluding carboxylic acids is 1. The van der Waals surface area contributed by atoms with Crippen LogP contribution in [0.3, 0.4) is 0 Å². The third kappa shape index (κ3) is 3.91. The van der Waals surface area contributed by atoms with E-state index in [4.69, 9.17) is 19.9 Å². The molecule has 1 aliphatic heterocycles. The summed E-state index contributed by atoms with van der Waals surface area (Å²) in [4.78, 5) is 13.1. The van der Waals surface area contributed by atoms with Crippen LogP contribution in [0.25, 0.3) is 0 Å². The van der Waals surface area contributed by atoms with Crippen molar-refractivity contribution in [1.29, 1.82) is 0 Å². The summed E-state index contributed by atoms with van der Waals surface area (Å²) in [6, 6.07) is 7.37. The van der Waals surface area contributed by atoms with E-state index in [9.17, 15) is 4.79 Å². The number of nitrogen functional groups attached to an aromatic ring is 1. The lowest BCUT2D eigenvalue weighted by molar-refractivity contribution is 0.174. The van der Waals surface area contributed by atoms with Gasteiger partial charge in [-0.3, -0.25) is 0 Å². The lowest BCUT2D eigenvalue weighted by Crippen LogP contribution is -2.26. The summed E-state index contributed by atoms with van der Waals surface area (Å²) in [6.07, 6.45) is 2.63. The van der Waals surface area contributed by atoms with E-state index in [1.54, 1.807) is 0 Å². The van der Waals surface area contributed by atoms with Crippen LogP contribution >= 0.6 is 11.3 Å². The van der Waals surface area contributed by atoms with Crippen LogP contribution in [0.1, 0.15) is 30.2 Å². The Balaban J connectivity index is 1.53. The highest BCUT2D eigenvalue weighted by atomic mass is 32.1. The standard InChI is InChI=1S/C17H20N2O4S/c1-2-3-4-12-8-15(16(18)24-12)23-17(20)19-9-11-5-6-13-14(7-11)22-10-21-13/h5-8H,2-4,9-10,18H2,1H3,(H,19,20). The van der Waals surface area contributed by atoms with Crippen LogP contribution in [0, 0.1) is 0 Å². The Morgan fingerprint density at radius 3 is 3.00 bits per heavy atom. The fourth-order valence-electron chi connectivity index (χ4n) is 2.35. The zero-order valence-electron chi connectivity index (χ0n) is 13.5. The maximum absolute atomic E-state index is 12.0. The minimum atomic E-state index is -0.529. The summed E-state index contributed by atoms with van der Waals surface area (Å²) in [6.45, 7) is 2.70. The quantitative estimate of drug-likeness (QED) is 0.832. The number of rotatable bonds is 6. The van der Waals surface area contributed by atoms with Crippen molar-refractivity contribution in [2.24, 2.45) is 0 Å². The maximum Gasteiger partial charge on any atom is 0.412 e. The van der Waals surface area contributed by atoms with E-state index in [2.05, 4.69) is 12.2 Å². The molecule has 3 rings (SSSR count). The molecule has 0 unspecified atom stereocenters. The number of nitrogens with two attached hydrogens (primary N) is 1. The first kappa shape index (κ1) is 16.4. The number of thiophene rings is 1. The van der Waals surface area contributed by atoms with Gasteiger partial charge in [-0.05, 0) is 36.6 Å². The van der Waals surface area contributed by atoms with Crippen LogP contribution in [-0.2, 0) is 13.0 Å². The second-order valence-corrected chi connectivity index (χ2v) is 6.64. The molecule has 1 aromatic carbocycles. The normalized spacial score (nSPS) is 12.2. The monoisotopic (exact) mass is 348 g/mol. The van der Waals surface area contributed by atoms with E-state index in [1.807, 2.05) is 24.3 Å². The summed E-state index contributed by atoms with van der Waals surface area (Å²) in [5, 5.41) is 3.24. The molecule has 24 heavy (non-hydrogen) atoms. The summed E-state index contributed by atoms with van der Waals surface area (Å²) < 4.78 is 15.9. The Bertz CT molecular complexity index is 729. The van der Waals surface area contributed by atoms with Gasteiger partial charge in [0.2, 0.25) is 6.79 Å². The molecule has 0 bridgehead atoms. The molecule has 3 N–H and O–H groups in total. The highest BCUT2D eigenvalue weighted by Crippen LogP contribution is 2.33. The lowest BCUT2D eigenvalue weighted by atomic mass is 10.2. The number of amides is 1. The molecule has 2 heterocycles. The van der Waals surface area contributed by atoms with Crippen LogP contribution in [-0.4, -0.2) is 12.9 Å². The number of hydrogen-bond donors (Lipinski definition) is 2. The molecule has 6 nitrogen and oxygen atoms in total. The average molecular weight is 348 g/mol. The van der Waals surface area contributed by atoms with Gasteiger partial charge in [-0.1, -0.05) is 19.4 Å². The van der Waals surface area contributed by atoms with Crippen LogP contribution in [0.2, 0.25) is 0 Å². The molecule has 1 amide bonds. The molecule has 0 saturated carbocycles. The van der Waals surface area contributed by atoms with Gasteiger partial charge in [0.05, 0.1) is 0 Å². The van der Waals surface area contributed by atoms with E-state index in [1.165, 1.54) is 11.3 Å². The van der Waals surface area contributed by atoms with Crippen molar-refractivity contribution in [1.82, 2.24) is 5.32 Å². The smallest absolute Gasteiger partial charge is 0.412 e. The number of nitrogens with one attached hydrogen (secondary N) is 1. The number of carbonyl (C=O) groups is 1. The Kier molecular flexibility index (Phi) is 5.10. The molecular weight excluding hydrogens is 328 g/mol. The number of fused-ring (bicyclic) bond motifs is 1. The Hall–Kier alpha value is -2.41. The minimum Gasteiger partial charge on any atom is -0.454 e. The predicted octanol–water partition coefficient (Wildman–Crippen LogP) is 3.69. The van der Waals surface area contributed by atoms with Gasteiger partial charge >= 0.3 is 6.09 Å². The van der Waals surface area contributed by atoms with Crippen LogP contribution in [0.5, 0.6) is 17.2 Å². The number of anilines is 1. The predicted molar refractivity (Wildman–Crippen MR) is 92.8 cm³/mol. The highest BCUT2D eigenvalue weighted by Gasteiger charge is 2.15. The van der Waals surface area contributed by atoms with Crippen molar-refractivity contribution < 1.29 is 19.0 Å². The second kappa shape index (κ2) is 7.44. The fraction of sp³-hybridized carbons (Fsp3) is 0.353. The number of benzene rings is 1. The van der Waals surface area contributed by atoms with E-state index in [-0.39, 0.29) is 6.79 Å². The molecule has 0 fully saturated rings. The molecule has 1 aliphatic rings. The first-order chi connectivity index (χ1) is 11.7. The molecule has 1 aromatic heterocycles. The van der Waals surface area contributed by atoms with Gasteiger partial charge in [0.25, 0.3) is 0 Å². The van der Waals surface area contributed by atoms with E-state index in [0.717, 1.165) is 29.7 Å². The minimum absolute atomic E-state index is 0.228. The first-order valence-corrected chi connectivity index (χ1v) is 8.69. The Morgan fingerprint density at radius 1 is 1.33 bits per heavy atom. The van der Waals surface area contributed by atoms with Gasteiger partial charge in [-0.15, -0.1) is 11.3 Å². The highest BCUT2D eigenvalue weighted by molar-refractivity contribution is 7.16. The summed E-state index contributed by atoms with van der Waals surface area (Å²) in [7, 11) is 0. The third-order valence-electron chi connectivity index (χ3n) is 3.63. The van der Waals surface area contributed by atoms with Crippen molar-refractivity contribution >= 4 is 22.4 Å². The molecule has 0 aliphatic carbocycles. The van der Waals surface area contributed by atoms with Crippen LogP contribution < -0.4 is 25.3 Å². The van der Waals surface area contributed by atoms with E-state index in [0.29, 0.717) is 28.8 Å². The number of hydrogen-bond acceptors (Lipinski definition) is 6. The van der Waals surface area contributed by atoms with Crippen molar-refractivity contribution in [3.63, 3.8) is 0 Å². The second-order valence-electron chi connectivity index (χ2n) is 5.48. The summed E-state index contributed by atoms with van der Waals surface area (Å²) in [5.41, 5.74) is 6.81. The third-order valence-corrected chi connectivity index (χ3v) is 4.63. The molecule has 128 valence electrons. The van der Waals surface area contributed by atoms with Gasteiger partial charge in [0.15, 0.2) is 17.2 Å². The van der Waals surface area contributed by atoms with Crippen molar-refractivity contribution in [2.45, 2.75) is 32.7 Å². The topological polar surface area (TPSA) is 82.8 Å². The zero-order valence-corrected chi connectivity index (χ0v) is 14.3. The first-order valence-electron chi connectivity index (χ1n) is 7.88. The number of unbranched alkanes of at least 4 members (excludes halogenated alkanes) is 1. The lowest BCUT2D eigenvalue weighted by Gasteiger charge is -2.07.